The monoisotopic (exact) mass is 292 g/mol. The molecule has 7 heteroatoms. The molecule has 0 aliphatic carbocycles. The Bertz CT molecular complexity index is 468. The summed E-state index contributed by atoms with van der Waals surface area (Å²) in [6.07, 6.45) is 0.779. The molecule has 18 heavy (non-hydrogen) atoms. The minimum Gasteiger partial charge on any atom is -0.391 e. The maximum Gasteiger partial charge on any atom is 0.244 e. The third kappa shape index (κ3) is 3.76. The van der Waals surface area contributed by atoms with Gasteiger partial charge in [-0.15, -0.1) is 11.3 Å². The minimum atomic E-state index is -3.47. The van der Waals surface area contributed by atoms with E-state index in [1.807, 2.05) is 19.0 Å². The molecule has 0 spiro atoms. The number of aliphatic hydroxyl groups excluding tert-OH is 1. The van der Waals surface area contributed by atoms with Crippen LogP contribution in [0.1, 0.15) is 11.3 Å². The topological polar surface area (TPSA) is 60.9 Å². The Morgan fingerprint density at radius 2 is 1.94 bits per heavy atom. The quantitative estimate of drug-likeness (QED) is 0.808. The highest BCUT2D eigenvalue weighted by atomic mass is 32.2. The van der Waals surface area contributed by atoms with Crippen molar-refractivity contribution in [1.82, 2.24) is 9.21 Å². The Hall–Kier alpha value is -0.470. The van der Waals surface area contributed by atoms with Gasteiger partial charge in [0.15, 0.2) is 0 Å². The number of aliphatic hydroxyl groups is 1. The van der Waals surface area contributed by atoms with Gasteiger partial charge in [0.05, 0.1) is 11.5 Å². The molecule has 1 heterocycles. The van der Waals surface area contributed by atoms with Crippen LogP contribution in [0.5, 0.6) is 0 Å². The Morgan fingerprint density at radius 3 is 2.50 bits per heavy atom. The molecular formula is C11H20N2O3S2. The van der Waals surface area contributed by atoms with Gasteiger partial charge in [0.25, 0.3) is 0 Å². The maximum atomic E-state index is 12.3. The van der Waals surface area contributed by atoms with Crippen LogP contribution >= 0.6 is 11.3 Å². The number of rotatable bonds is 7. The molecule has 0 aromatic carbocycles. The molecule has 0 aliphatic rings. The van der Waals surface area contributed by atoms with Crippen molar-refractivity contribution in [1.29, 1.82) is 0 Å². The largest absolute Gasteiger partial charge is 0.391 e. The first-order chi connectivity index (χ1) is 8.39. The summed E-state index contributed by atoms with van der Waals surface area (Å²) in [5.74, 6) is 0. The summed E-state index contributed by atoms with van der Waals surface area (Å²) in [5, 5.41) is 10.8. The minimum absolute atomic E-state index is 0.224. The standard InChI is InChI=1S/C11H20N2O3S2/c1-12(2)6-4-7-13(3)18(15,16)11-5-8-17-10(11)9-14/h5,8,14H,4,6-7,9H2,1-3H3. The average Bonchev–Trinajstić information content (AvgIpc) is 2.76. The van der Waals surface area contributed by atoms with Crippen LogP contribution in [0.3, 0.4) is 0 Å². The molecule has 0 unspecified atom stereocenters. The van der Waals surface area contributed by atoms with Gasteiger partial charge in [-0.3, -0.25) is 0 Å². The number of nitrogens with zero attached hydrogens (tertiary/aromatic N) is 2. The summed E-state index contributed by atoms with van der Waals surface area (Å²) >= 11 is 1.26. The van der Waals surface area contributed by atoms with E-state index in [4.69, 9.17) is 5.11 Å². The van der Waals surface area contributed by atoms with Crippen molar-refractivity contribution in [3.8, 4) is 0 Å². The maximum absolute atomic E-state index is 12.3. The molecule has 104 valence electrons. The second-order valence-electron chi connectivity index (χ2n) is 4.35. The van der Waals surface area contributed by atoms with Gasteiger partial charge in [0, 0.05) is 18.5 Å². The molecule has 0 bridgehead atoms. The highest BCUT2D eigenvalue weighted by molar-refractivity contribution is 7.89. The first-order valence-electron chi connectivity index (χ1n) is 5.68. The summed E-state index contributed by atoms with van der Waals surface area (Å²) in [6.45, 7) is 1.08. The lowest BCUT2D eigenvalue weighted by molar-refractivity contribution is 0.282. The summed E-state index contributed by atoms with van der Waals surface area (Å²) in [4.78, 5) is 2.74. The van der Waals surface area contributed by atoms with E-state index in [0.29, 0.717) is 11.4 Å². The molecule has 0 fully saturated rings. The van der Waals surface area contributed by atoms with Crippen molar-refractivity contribution in [2.24, 2.45) is 0 Å². The highest BCUT2D eigenvalue weighted by Crippen LogP contribution is 2.24. The van der Waals surface area contributed by atoms with Crippen molar-refractivity contribution in [2.45, 2.75) is 17.9 Å². The molecule has 0 aliphatic heterocycles. The Labute approximate surface area is 113 Å². The molecular weight excluding hydrogens is 272 g/mol. The normalized spacial score (nSPS) is 12.6. The summed E-state index contributed by atoms with van der Waals surface area (Å²) < 4.78 is 25.9. The molecule has 1 aromatic rings. The molecule has 1 N–H and O–H groups in total. The van der Waals surface area contributed by atoms with Crippen molar-refractivity contribution < 1.29 is 13.5 Å². The third-order valence-electron chi connectivity index (χ3n) is 2.61. The third-order valence-corrected chi connectivity index (χ3v) is 5.59. The van der Waals surface area contributed by atoms with Crippen LogP contribution in [0.4, 0.5) is 0 Å². The molecule has 1 rings (SSSR count). The van der Waals surface area contributed by atoms with E-state index < -0.39 is 10.0 Å². The van der Waals surface area contributed by atoms with Gasteiger partial charge in [0.2, 0.25) is 10.0 Å². The zero-order chi connectivity index (χ0) is 13.8. The van der Waals surface area contributed by atoms with Crippen LogP contribution in [0.2, 0.25) is 0 Å². The van der Waals surface area contributed by atoms with Crippen molar-refractivity contribution in [3.63, 3.8) is 0 Å². The van der Waals surface area contributed by atoms with Crippen LogP contribution in [0.25, 0.3) is 0 Å². The summed E-state index contributed by atoms with van der Waals surface area (Å²) in [7, 11) is 2.01. The zero-order valence-electron chi connectivity index (χ0n) is 11.0. The number of hydrogen-bond donors (Lipinski definition) is 1. The van der Waals surface area contributed by atoms with Crippen molar-refractivity contribution in [3.05, 3.63) is 16.3 Å². The van der Waals surface area contributed by atoms with E-state index in [2.05, 4.69) is 0 Å². The summed E-state index contributed by atoms with van der Waals surface area (Å²) in [6, 6.07) is 1.55. The predicted molar refractivity (Wildman–Crippen MR) is 73.2 cm³/mol. The molecule has 0 saturated carbocycles. The Balaban J connectivity index is 2.74. The van der Waals surface area contributed by atoms with Crippen molar-refractivity contribution >= 4 is 21.4 Å². The number of hydrogen-bond acceptors (Lipinski definition) is 5. The second-order valence-corrected chi connectivity index (χ2v) is 7.36. The highest BCUT2D eigenvalue weighted by Gasteiger charge is 2.24. The molecule has 0 amide bonds. The summed E-state index contributed by atoms with van der Waals surface area (Å²) in [5.41, 5.74) is 0. The lowest BCUT2D eigenvalue weighted by Gasteiger charge is -2.18. The van der Waals surface area contributed by atoms with Crippen LogP contribution < -0.4 is 0 Å². The van der Waals surface area contributed by atoms with Crippen LogP contribution in [0, 0.1) is 0 Å². The van der Waals surface area contributed by atoms with Gasteiger partial charge in [-0.1, -0.05) is 0 Å². The number of sulfonamides is 1. The molecule has 0 radical (unpaired) electrons. The van der Waals surface area contributed by atoms with Gasteiger partial charge in [-0.25, -0.2) is 12.7 Å². The first-order valence-corrected chi connectivity index (χ1v) is 8.00. The Morgan fingerprint density at radius 1 is 1.28 bits per heavy atom. The SMILES string of the molecule is CN(C)CCCN(C)S(=O)(=O)c1ccsc1CO. The van der Waals surface area contributed by atoms with Crippen LogP contribution in [-0.2, 0) is 16.6 Å². The van der Waals surface area contributed by atoms with E-state index in [-0.39, 0.29) is 11.5 Å². The smallest absolute Gasteiger partial charge is 0.244 e. The van der Waals surface area contributed by atoms with Crippen molar-refractivity contribution in [2.75, 3.05) is 34.2 Å². The molecule has 1 aromatic heterocycles. The van der Waals surface area contributed by atoms with Gasteiger partial charge in [-0.2, -0.15) is 0 Å². The number of thiophene rings is 1. The Kier molecular flexibility index (Phi) is 5.74. The fourth-order valence-corrected chi connectivity index (χ4v) is 4.04. The predicted octanol–water partition coefficient (Wildman–Crippen LogP) is 0.813. The van der Waals surface area contributed by atoms with Crippen LogP contribution in [0.15, 0.2) is 16.3 Å². The van der Waals surface area contributed by atoms with E-state index in [0.717, 1.165) is 13.0 Å². The van der Waals surface area contributed by atoms with Gasteiger partial charge >= 0.3 is 0 Å². The lowest BCUT2D eigenvalue weighted by Crippen LogP contribution is -2.30. The molecule has 5 nitrogen and oxygen atoms in total. The average molecular weight is 292 g/mol. The van der Waals surface area contributed by atoms with E-state index in [9.17, 15) is 8.42 Å². The fraction of sp³-hybridized carbons (Fsp3) is 0.636. The second kappa shape index (κ2) is 6.63. The molecule has 0 atom stereocenters. The van der Waals surface area contributed by atoms with E-state index in [1.54, 1.807) is 18.5 Å². The van der Waals surface area contributed by atoms with E-state index >= 15 is 0 Å². The first kappa shape index (κ1) is 15.6. The van der Waals surface area contributed by atoms with Gasteiger partial charge in [-0.05, 0) is 38.5 Å². The lowest BCUT2D eigenvalue weighted by atomic mass is 10.4. The van der Waals surface area contributed by atoms with Gasteiger partial charge < -0.3 is 10.0 Å². The van der Waals surface area contributed by atoms with E-state index in [1.165, 1.54) is 15.6 Å². The van der Waals surface area contributed by atoms with Gasteiger partial charge in [0.1, 0.15) is 0 Å². The zero-order valence-corrected chi connectivity index (χ0v) is 12.6. The molecule has 0 saturated heterocycles. The van der Waals surface area contributed by atoms with Crippen LogP contribution in [-0.4, -0.2) is 57.0 Å². The fourth-order valence-electron chi connectivity index (χ4n) is 1.57.